The monoisotopic (exact) mass is 306 g/mol. The standard InChI is InChI=1S/C16H26N2O2Si/c1-12(20-21(5,6)16(2,3)4)15-13(11-19)17-14-9-7-8-10-18(14)15/h7-10,12,19H,11H2,1-6H3. The maximum absolute atomic E-state index is 9.61. The van der Waals surface area contributed by atoms with Crippen molar-refractivity contribution in [1.82, 2.24) is 9.38 Å². The molecule has 1 unspecified atom stereocenters. The van der Waals surface area contributed by atoms with Gasteiger partial charge in [0.25, 0.3) is 0 Å². The second-order valence-corrected chi connectivity index (χ2v) is 11.8. The second kappa shape index (κ2) is 5.55. The van der Waals surface area contributed by atoms with Crippen LogP contribution in [0.25, 0.3) is 5.65 Å². The number of aliphatic hydroxyl groups is 1. The minimum atomic E-state index is -1.87. The Balaban J connectivity index is 2.42. The molecule has 1 atom stereocenters. The number of aliphatic hydroxyl groups excluding tert-OH is 1. The van der Waals surface area contributed by atoms with Crippen LogP contribution in [0.4, 0.5) is 0 Å². The minimum Gasteiger partial charge on any atom is -0.409 e. The van der Waals surface area contributed by atoms with Crippen molar-refractivity contribution < 1.29 is 9.53 Å². The Bertz CT molecular complexity index is 629. The molecule has 0 aliphatic heterocycles. The number of pyridine rings is 1. The van der Waals surface area contributed by atoms with Gasteiger partial charge in [-0.3, -0.25) is 0 Å². The summed E-state index contributed by atoms with van der Waals surface area (Å²) in [6, 6.07) is 5.87. The van der Waals surface area contributed by atoms with Gasteiger partial charge in [-0.1, -0.05) is 26.8 Å². The van der Waals surface area contributed by atoms with E-state index in [0.717, 1.165) is 11.3 Å². The third-order valence-electron chi connectivity index (χ3n) is 4.46. The van der Waals surface area contributed by atoms with Crippen molar-refractivity contribution in [2.75, 3.05) is 0 Å². The smallest absolute Gasteiger partial charge is 0.192 e. The fraction of sp³-hybridized carbons (Fsp3) is 0.562. The summed E-state index contributed by atoms with van der Waals surface area (Å²) in [5, 5.41) is 9.76. The molecule has 21 heavy (non-hydrogen) atoms. The van der Waals surface area contributed by atoms with Gasteiger partial charge in [0.05, 0.1) is 24.1 Å². The fourth-order valence-corrected chi connectivity index (χ4v) is 3.63. The van der Waals surface area contributed by atoms with Crippen LogP contribution < -0.4 is 0 Å². The molecule has 0 saturated carbocycles. The van der Waals surface area contributed by atoms with Crippen LogP contribution in [0.15, 0.2) is 24.4 Å². The Kier molecular flexibility index (Phi) is 4.28. The molecular weight excluding hydrogens is 280 g/mol. The molecule has 4 nitrogen and oxygen atoms in total. The van der Waals surface area contributed by atoms with Crippen molar-refractivity contribution in [2.45, 2.75) is 58.5 Å². The van der Waals surface area contributed by atoms with Crippen LogP contribution in [0.5, 0.6) is 0 Å². The number of fused-ring (bicyclic) bond motifs is 1. The largest absolute Gasteiger partial charge is 0.409 e. The SMILES string of the molecule is CC(O[Si](C)(C)C(C)(C)C)c1c(CO)nc2ccccn12. The lowest BCUT2D eigenvalue weighted by Gasteiger charge is -2.38. The highest BCUT2D eigenvalue weighted by Crippen LogP contribution is 2.40. The molecule has 0 saturated heterocycles. The van der Waals surface area contributed by atoms with Crippen LogP contribution in [0.1, 0.15) is 45.2 Å². The maximum atomic E-state index is 9.61. The molecular formula is C16H26N2O2Si. The molecule has 5 heteroatoms. The third-order valence-corrected chi connectivity index (χ3v) is 9.01. The average Bonchev–Trinajstić information content (AvgIpc) is 2.75. The Labute approximate surface area is 127 Å². The molecule has 116 valence electrons. The first kappa shape index (κ1) is 16.2. The molecule has 0 radical (unpaired) electrons. The molecule has 0 aromatic carbocycles. The van der Waals surface area contributed by atoms with Gasteiger partial charge >= 0.3 is 0 Å². The van der Waals surface area contributed by atoms with E-state index in [1.165, 1.54) is 0 Å². The number of hydrogen-bond donors (Lipinski definition) is 1. The van der Waals surface area contributed by atoms with E-state index in [0.29, 0.717) is 5.69 Å². The van der Waals surface area contributed by atoms with Crippen LogP contribution in [-0.4, -0.2) is 22.8 Å². The van der Waals surface area contributed by atoms with E-state index in [-0.39, 0.29) is 17.7 Å². The van der Waals surface area contributed by atoms with Crippen LogP contribution in [0.3, 0.4) is 0 Å². The summed E-state index contributed by atoms with van der Waals surface area (Å²) in [6.07, 6.45) is 1.88. The Morgan fingerprint density at radius 1 is 1.33 bits per heavy atom. The first-order chi connectivity index (χ1) is 9.67. The van der Waals surface area contributed by atoms with Gasteiger partial charge in [0.15, 0.2) is 8.32 Å². The van der Waals surface area contributed by atoms with Crippen LogP contribution in [0, 0.1) is 0 Å². The quantitative estimate of drug-likeness (QED) is 0.871. The minimum absolute atomic E-state index is 0.0672. The second-order valence-electron chi connectivity index (χ2n) is 7.05. The van der Waals surface area contributed by atoms with Crippen molar-refractivity contribution in [3.63, 3.8) is 0 Å². The highest BCUT2D eigenvalue weighted by molar-refractivity contribution is 6.74. The van der Waals surface area contributed by atoms with Gasteiger partial charge in [0.2, 0.25) is 0 Å². The number of aromatic nitrogens is 2. The van der Waals surface area contributed by atoms with Gasteiger partial charge in [-0.2, -0.15) is 0 Å². The lowest BCUT2D eigenvalue weighted by molar-refractivity contribution is 0.191. The van der Waals surface area contributed by atoms with Crippen LogP contribution in [-0.2, 0) is 11.0 Å². The van der Waals surface area contributed by atoms with Gasteiger partial charge in [-0.05, 0) is 37.2 Å². The van der Waals surface area contributed by atoms with Gasteiger partial charge in [-0.25, -0.2) is 4.98 Å². The highest BCUT2D eigenvalue weighted by atomic mass is 28.4. The van der Waals surface area contributed by atoms with Gasteiger partial charge in [0.1, 0.15) is 5.65 Å². The normalized spacial score (nSPS) is 14.6. The molecule has 2 aromatic rings. The zero-order chi connectivity index (χ0) is 15.8. The molecule has 0 amide bonds. The molecule has 0 aliphatic carbocycles. The predicted octanol–water partition coefficient (Wildman–Crippen LogP) is 3.91. The van der Waals surface area contributed by atoms with E-state index < -0.39 is 8.32 Å². The Morgan fingerprint density at radius 3 is 2.57 bits per heavy atom. The Morgan fingerprint density at radius 2 is 2.00 bits per heavy atom. The zero-order valence-electron chi connectivity index (χ0n) is 13.8. The first-order valence-corrected chi connectivity index (χ1v) is 10.3. The predicted molar refractivity (Wildman–Crippen MR) is 87.8 cm³/mol. The van der Waals surface area contributed by atoms with E-state index in [2.05, 4.69) is 45.8 Å². The molecule has 0 fully saturated rings. The van der Waals surface area contributed by atoms with E-state index in [9.17, 15) is 5.11 Å². The summed E-state index contributed by atoms with van der Waals surface area (Å²) in [5.41, 5.74) is 2.51. The Hall–Kier alpha value is -1.17. The lowest BCUT2D eigenvalue weighted by Crippen LogP contribution is -2.41. The van der Waals surface area contributed by atoms with Gasteiger partial charge in [0, 0.05) is 6.20 Å². The number of rotatable bonds is 4. The third kappa shape index (κ3) is 3.05. The number of imidazole rings is 1. The molecule has 2 rings (SSSR count). The summed E-state index contributed by atoms with van der Waals surface area (Å²) in [4.78, 5) is 4.49. The highest BCUT2D eigenvalue weighted by Gasteiger charge is 2.39. The van der Waals surface area contributed by atoms with Crippen molar-refractivity contribution in [1.29, 1.82) is 0 Å². The molecule has 0 bridgehead atoms. The summed E-state index contributed by atoms with van der Waals surface area (Å²) < 4.78 is 8.48. The van der Waals surface area contributed by atoms with E-state index in [1.54, 1.807) is 0 Å². The van der Waals surface area contributed by atoms with Crippen molar-refractivity contribution in [3.8, 4) is 0 Å². The topological polar surface area (TPSA) is 46.8 Å². The summed E-state index contributed by atoms with van der Waals surface area (Å²) in [7, 11) is -1.87. The molecule has 2 aromatic heterocycles. The van der Waals surface area contributed by atoms with Crippen molar-refractivity contribution >= 4 is 14.0 Å². The van der Waals surface area contributed by atoms with Gasteiger partial charge < -0.3 is 13.9 Å². The fourth-order valence-electron chi connectivity index (χ4n) is 2.28. The first-order valence-electron chi connectivity index (χ1n) is 7.42. The molecule has 1 N–H and O–H groups in total. The summed E-state index contributed by atoms with van der Waals surface area (Å²) in [6.45, 7) is 13.2. The van der Waals surface area contributed by atoms with Crippen LogP contribution in [0.2, 0.25) is 18.1 Å². The van der Waals surface area contributed by atoms with E-state index in [1.807, 2.05) is 28.8 Å². The summed E-state index contributed by atoms with van der Waals surface area (Å²) >= 11 is 0. The van der Waals surface area contributed by atoms with Crippen molar-refractivity contribution in [3.05, 3.63) is 35.8 Å². The van der Waals surface area contributed by atoms with E-state index >= 15 is 0 Å². The van der Waals surface area contributed by atoms with Crippen LogP contribution >= 0.6 is 0 Å². The molecule has 0 spiro atoms. The van der Waals surface area contributed by atoms with E-state index in [4.69, 9.17) is 4.43 Å². The zero-order valence-corrected chi connectivity index (χ0v) is 14.8. The van der Waals surface area contributed by atoms with Crippen molar-refractivity contribution in [2.24, 2.45) is 0 Å². The average molecular weight is 306 g/mol. The number of hydrogen-bond acceptors (Lipinski definition) is 3. The molecule has 2 heterocycles. The lowest BCUT2D eigenvalue weighted by atomic mass is 10.2. The maximum Gasteiger partial charge on any atom is 0.192 e. The number of nitrogens with zero attached hydrogens (tertiary/aromatic N) is 2. The summed E-state index contributed by atoms with van der Waals surface area (Å²) in [5.74, 6) is 0. The molecule has 0 aliphatic rings. The van der Waals surface area contributed by atoms with Gasteiger partial charge in [-0.15, -0.1) is 0 Å².